The fraction of sp³-hybridized carbons (Fsp3) is 0.211. The Bertz CT molecular complexity index is 755. The van der Waals surface area contributed by atoms with E-state index in [1.165, 1.54) is 27.8 Å². The van der Waals surface area contributed by atoms with Gasteiger partial charge < -0.3 is 5.32 Å². The molecule has 1 aliphatic heterocycles. The Kier molecular flexibility index (Phi) is 2.71. The van der Waals surface area contributed by atoms with Crippen molar-refractivity contribution in [3.63, 3.8) is 0 Å². The average Bonchev–Trinajstić information content (AvgIpc) is 2.82. The minimum absolute atomic E-state index is 0.133. The van der Waals surface area contributed by atoms with Gasteiger partial charge in [-0.15, -0.1) is 0 Å². The number of hydrogen-bond donors (Lipinski definition) is 1. The summed E-state index contributed by atoms with van der Waals surface area (Å²) in [5, 5.41) is 3.09. The van der Waals surface area contributed by atoms with Crippen molar-refractivity contribution >= 4 is 11.6 Å². The molecule has 21 heavy (non-hydrogen) atoms. The molecule has 0 spiro atoms. The third kappa shape index (κ3) is 1.90. The molecular weight excluding hydrogens is 258 g/mol. The molecule has 1 heterocycles. The molecule has 0 fully saturated rings. The topological polar surface area (TPSA) is 29.1 Å². The number of carbonyl (C=O) groups excluding carboxylic acids is 1. The minimum Gasteiger partial charge on any atom is -0.326 e. The molecule has 1 aliphatic carbocycles. The van der Waals surface area contributed by atoms with E-state index >= 15 is 0 Å². The van der Waals surface area contributed by atoms with Crippen LogP contribution in [0.25, 0.3) is 5.70 Å². The van der Waals surface area contributed by atoms with Crippen molar-refractivity contribution in [3.05, 3.63) is 76.4 Å². The number of fused-ring (bicyclic) bond motifs is 2. The lowest BCUT2D eigenvalue weighted by Crippen LogP contribution is -2.26. The highest BCUT2D eigenvalue weighted by Gasteiger charge is 2.35. The predicted octanol–water partition coefficient (Wildman–Crippen LogP) is 3.76. The van der Waals surface area contributed by atoms with Crippen LogP contribution in [0.15, 0.2) is 54.1 Å². The SMILES string of the molecule is Cc1ccc([C@@H]2C3=C(NC(=O)CC3)c3ccccc32)cc1. The number of rotatable bonds is 1. The molecule has 1 atom stereocenters. The summed E-state index contributed by atoms with van der Waals surface area (Å²) < 4.78 is 0. The van der Waals surface area contributed by atoms with Crippen molar-refractivity contribution < 1.29 is 4.79 Å². The number of aryl methyl sites for hydroxylation is 1. The molecule has 0 unspecified atom stereocenters. The largest absolute Gasteiger partial charge is 0.326 e. The first-order valence-electron chi connectivity index (χ1n) is 7.43. The lowest BCUT2D eigenvalue weighted by molar-refractivity contribution is -0.120. The molecule has 2 aromatic rings. The van der Waals surface area contributed by atoms with Crippen molar-refractivity contribution in [1.29, 1.82) is 0 Å². The Labute approximate surface area is 124 Å². The van der Waals surface area contributed by atoms with Gasteiger partial charge >= 0.3 is 0 Å². The second-order valence-electron chi connectivity index (χ2n) is 5.88. The van der Waals surface area contributed by atoms with Gasteiger partial charge in [0.15, 0.2) is 0 Å². The van der Waals surface area contributed by atoms with Gasteiger partial charge in [-0.1, -0.05) is 54.1 Å². The molecule has 0 saturated carbocycles. The number of hydrogen-bond acceptors (Lipinski definition) is 1. The Morgan fingerprint density at radius 3 is 2.57 bits per heavy atom. The summed E-state index contributed by atoms with van der Waals surface area (Å²) in [4.78, 5) is 11.8. The Morgan fingerprint density at radius 1 is 1.00 bits per heavy atom. The molecule has 104 valence electrons. The van der Waals surface area contributed by atoms with Gasteiger partial charge in [0.2, 0.25) is 5.91 Å². The Hall–Kier alpha value is -2.35. The molecular formula is C19H17NO. The van der Waals surface area contributed by atoms with Crippen LogP contribution in [-0.4, -0.2) is 5.91 Å². The summed E-state index contributed by atoms with van der Waals surface area (Å²) in [7, 11) is 0. The Balaban J connectivity index is 1.90. The van der Waals surface area contributed by atoms with Crippen LogP contribution < -0.4 is 5.32 Å². The summed E-state index contributed by atoms with van der Waals surface area (Å²) >= 11 is 0. The molecule has 2 aromatic carbocycles. The van der Waals surface area contributed by atoms with Gasteiger partial charge in [-0.25, -0.2) is 0 Å². The normalized spacial score (nSPS) is 20.0. The van der Waals surface area contributed by atoms with E-state index in [2.05, 4.69) is 54.7 Å². The van der Waals surface area contributed by atoms with Gasteiger partial charge in [-0.05, 0) is 30.0 Å². The van der Waals surface area contributed by atoms with Crippen LogP contribution in [0.2, 0.25) is 0 Å². The summed E-state index contributed by atoms with van der Waals surface area (Å²) in [5.74, 6) is 0.422. The van der Waals surface area contributed by atoms with Crippen molar-refractivity contribution in [1.82, 2.24) is 5.32 Å². The van der Waals surface area contributed by atoms with Crippen LogP contribution in [0.5, 0.6) is 0 Å². The molecule has 4 rings (SSSR count). The Morgan fingerprint density at radius 2 is 1.76 bits per heavy atom. The van der Waals surface area contributed by atoms with Gasteiger partial charge in [0.05, 0.1) is 0 Å². The van der Waals surface area contributed by atoms with E-state index in [-0.39, 0.29) is 11.8 Å². The van der Waals surface area contributed by atoms with Gasteiger partial charge in [-0.2, -0.15) is 0 Å². The van der Waals surface area contributed by atoms with E-state index in [4.69, 9.17) is 0 Å². The standard InChI is InChI=1S/C19H17NO/c1-12-6-8-13(9-7-12)18-14-4-2-3-5-15(14)19-16(18)10-11-17(21)20-19/h2-9,18H,10-11H2,1H3,(H,20,21)/t18-/m0/s1. The smallest absolute Gasteiger partial charge is 0.224 e. The molecule has 2 heteroatoms. The third-order valence-corrected chi connectivity index (χ3v) is 4.51. The van der Waals surface area contributed by atoms with Crippen LogP contribution in [-0.2, 0) is 4.79 Å². The summed E-state index contributed by atoms with van der Waals surface area (Å²) in [6.45, 7) is 2.11. The van der Waals surface area contributed by atoms with Gasteiger partial charge in [-0.3, -0.25) is 4.79 Å². The molecule has 0 radical (unpaired) electrons. The number of nitrogens with one attached hydrogen (secondary N) is 1. The van der Waals surface area contributed by atoms with Gasteiger partial charge in [0, 0.05) is 23.6 Å². The second kappa shape index (κ2) is 4.59. The highest BCUT2D eigenvalue weighted by Crippen LogP contribution is 2.47. The van der Waals surface area contributed by atoms with E-state index in [1.807, 2.05) is 6.07 Å². The zero-order valence-electron chi connectivity index (χ0n) is 12.0. The van der Waals surface area contributed by atoms with Crippen LogP contribution >= 0.6 is 0 Å². The maximum absolute atomic E-state index is 11.8. The van der Waals surface area contributed by atoms with Crippen LogP contribution in [0.1, 0.15) is 41.0 Å². The first kappa shape index (κ1) is 12.4. The lowest BCUT2D eigenvalue weighted by Gasteiger charge is -2.21. The number of carbonyl (C=O) groups is 1. The van der Waals surface area contributed by atoms with Gasteiger partial charge in [0.25, 0.3) is 0 Å². The third-order valence-electron chi connectivity index (χ3n) is 4.51. The number of amides is 1. The van der Waals surface area contributed by atoms with E-state index in [9.17, 15) is 4.79 Å². The lowest BCUT2D eigenvalue weighted by atomic mass is 9.86. The monoisotopic (exact) mass is 275 g/mol. The quantitative estimate of drug-likeness (QED) is 0.843. The maximum atomic E-state index is 11.8. The van der Waals surface area contributed by atoms with E-state index in [0.717, 1.165) is 12.1 Å². The zero-order chi connectivity index (χ0) is 14.4. The van der Waals surface area contributed by atoms with Crippen molar-refractivity contribution in [2.24, 2.45) is 0 Å². The fourth-order valence-electron chi connectivity index (χ4n) is 3.49. The molecule has 2 aliphatic rings. The van der Waals surface area contributed by atoms with E-state index in [0.29, 0.717) is 6.42 Å². The fourth-order valence-corrected chi connectivity index (χ4v) is 3.49. The van der Waals surface area contributed by atoms with Gasteiger partial charge in [0.1, 0.15) is 0 Å². The average molecular weight is 275 g/mol. The second-order valence-corrected chi connectivity index (χ2v) is 5.88. The highest BCUT2D eigenvalue weighted by atomic mass is 16.1. The molecule has 2 nitrogen and oxygen atoms in total. The number of allylic oxidation sites excluding steroid dienone is 1. The molecule has 0 aromatic heterocycles. The van der Waals surface area contributed by atoms with Crippen LogP contribution in [0.3, 0.4) is 0 Å². The highest BCUT2D eigenvalue weighted by molar-refractivity contribution is 5.94. The van der Waals surface area contributed by atoms with E-state index < -0.39 is 0 Å². The molecule has 0 saturated heterocycles. The van der Waals surface area contributed by atoms with Crippen molar-refractivity contribution in [2.75, 3.05) is 0 Å². The van der Waals surface area contributed by atoms with Crippen molar-refractivity contribution in [3.8, 4) is 0 Å². The molecule has 1 N–H and O–H groups in total. The summed E-state index contributed by atoms with van der Waals surface area (Å²) in [6.07, 6.45) is 1.45. The molecule has 1 amide bonds. The summed E-state index contributed by atoms with van der Waals surface area (Å²) in [6, 6.07) is 17.2. The zero-order valence-corrected chi connectivity index (χ0v) is 12.0. The first-order valence-corrected chi connectivity index (χ1v) is 7.43. The number of benzene rings is 2. The predicted molar refractivity (Wildman–Crippen MR) is 83.8 cm³/mol. The van der Waals surface area contributed by atoms with Crippen LogP contribution in [0.4, 0.5) is 0 Å². The van der Waals surface area contributed by atoms with Crippen molar-refractivity contribution in [2.45, 2.75) is 25.7 Å². The maximum Gasteiger partial charge on any atom is 0.224 e. The first-order chi connectivity index (χ1) is 10.2. The van der Waals surface area contributed by atoms with Crippen LogP contribution in [0, 0.1) is 6.92 Å². The minimum atomic E-state index is 0.133. The summed E-state index contributed by atoms with van der Waals surface area (Å²) in [5.41, 5.74) is 7.50. The molecule has 0 bridgehead atoms. The van der Waals surface area contributed by atoms with E-state index in [1.54, 1.807) is 0 Å².